The van der Waals surface area contributed by atoms with Crippen LogP contribution in [-0.2, 0) is 0 Å². The molecule has 0 aliphatic carbocycles. The van der Waals surface area contributed by atoms with Crippen LogP contribution < -0.4 is 5.73 Å². The molecule has 7 heteroatoms. The number of primary amides is 1. The molecule has 1 heterocycles. The first-order valence-electron chi connectivity index (χ1n) is 5.68. The van der Waals surface area contributed by atoms with Crippen molar-refractivity contribution in [3.8, 4) is 5.69 Å². The normalized spacial score (nSPS) is 9.74. The summed E-state index contributed by atoms with van der Waals surface area (Å²) in [5.41, 5.74) is 5.83. The van der Waals surface area contributed by atoms with Gasteiger partial charge in [-0.25, -0.2) is 9.07 Å². The van der Waals surface area contributed by atoms with Crippen LogP contribution in [0.1, 0.15) is 29.9 Å². The van der Waals surface area contributed by atoms with Crippen molar-refractivity contribution in [2.75, 3.05) is 0 Å². The molecule has 0 bridgehead atoms. The smallest absolute Gasteiger partial charge is 0.270 e. The van der Waals surface area contributed by atoms with Crippen LogP contribution in [0.15, 0.2) is 18.3 Å². The van der Waals surface area contributed by atoms with Gasteiger partial charge in [-0.3, -0.25) is 4.79 Å². The number of hydrogen-bond acceptors (Lipinski definition) is 3. The van der Waals surface area contributed by atoms with Crippen LogP contribution in [0.4, 0.5) is 4.39 Å². The van der Waals surface area contributed by atoms with Gasteiger partial charge in [-0.1, -0.05) is 30.7 Å². The predicted octanol–water partition coefficient (Wildman–Crippen LogP) is 2.49. The quantitative estimate of drug-likeness (QED) is 0.921. The topological polar surface area (TPSA) is 73.8 Å². The Morgan fingerprint density at radius 2 is 2.05 bits per heavy atom. The van der Waals surface area contributed by atoms with Crippen molar-refractivity contribution in [1.82, 2.24) is 15.0 Å². The zero-order chi connectivity index (χ0) is 14.6. The van der Waals surface area contributed by atoms with Crippen LogP contribution in [0.5, 0.6) is 0 Å². The van der Waals surface area contributed by atoms with Crippen LogP contribution >= 0.6 is 11.6 Å². The zero-order valence-corrected chi connectivity index (χ0v) is 11.6. The summed E-state index contributed by atoms with van der Waals surface area (Å²) in [5, 5.41) is 7.29. The summed E-state index contributed by atoms with van der Waals surface area (Å²) in [7, 11) is 0. The number of nitrogens with two attached hydrogens (primary N) is 1. The molecule has 0 aliphatic heterocycles. The van der Waals surface area contributed by atoms with Crippen LogP contribution in [0.25, 0.3) is 5.69 Å². The minimum Gasteiger partial charge on any atom is -0.364 e. The maximum atomic E-state index is 13.6. The number of benzene rings is 1. The average molecular weight is 285 g/mol. The van der Waals surface area contributed by atoms with Crippen LogP contribution in [0.3, 0.4) is 0 Å². The minimum atomic E-state index is -0.691. The summed E-state index contributed by atoms with van der Waals surface area (Å²) < 4.78 is 14.8. The highest BCUT2D eigenvalue weighted by atomic mass is 35.5. The fourth-order valence-corrected chi connectivity index (χ4v) is 1.59. The second-order valence-electron chi connectivity index (χ2n) is 3.42. The van der Waals surface area contributed by atoms with Gasteiger partial charge in [0, 0.05) is 5.56 Å². The summed E-state index contributed by atoms with van der Waals surface area (Å²) in [4.78, 5) is 10.9. The van der Waals surface area contributed by atoms with Crippen LogP contribution in [-0.4, -0.2) is 20.9 Å². The van der Waals surface area contributed by atoms with Gasteiger partial charge in [-0.2, -0.15) is 0 Å². The molecule has 2 aromatic rings. The summed E-state index contributed by atoms with van der Waals surface area (Å²) in [5.74, 6) is -1.22. The van der Waals surface area contributed by atoms with E-state index in [1.54, 1.807) is 13.0 Å². The van der Waals surface area contributed by atoms with Gasteiger partial charge in [0.1, 0.15) is 5.82 Å². The molecule has 1 aromatic carbocycles. The van der Waals surface area contributed by atoms with Crippen molar-refractivity contribution in [3.05, 3.63) is 40.4 Å². The summed E-state index contributed by atoms with van der Waals surface area (Å²) in [6, 6.07) is 2.99. The maximum Gasteiger partial charge on any atom is 0.270 e. The lowest BCUT2D eigenvalue weighted by Gasteiger charge is -2.06. The molecule has 0 atom stereocenters. The highest BCUT2D eigenvalue weighted by Crippen LogP contribution is 2.23. The fourth-order valence-electron chi connectivity index (χ4n) is 1.38. The summed E-state index contributed by atoms with van der Waals surface area (Å²) in [6.07, 6.45) is 1.33. The van der Waals surface area contributed by atoms with E-state index in [-0.39, 0.29) is 10.7 Å². The first-order chi connectivity index (χ1) is 9.00. The maximum absolute atomic E-state index is 13.6. The molecular weight excluding hydrogens is 271 g/mol. The Morgan fingerprint density at radius 3 is 2.58 bits per heavy atom. The van der Waals surface area contributed by atoms with Crippen molar-refractivity contribution in [2.45, 2.75) is 20.8 Å². The number of carbonyl (C=O) groups excluding carboxylic acids is 1. The lowest BCUT2D eigenvalue weighted by Crippen LogP contribution is -2.11. The second-order valence-corrected chi connectivity index (χ2v) is 3.83. The highest BCUT2D eigenvalue weighted by Gasteiger charge is 2.13. The molecule has 1 aromatic heterocycles. The van der Waals surface area contributed by atoms with Crippen molar-refractivity contribution >= 4 is 17.5 Å². The first kappa shape index (κ1) is 15.1. The minimum absolute atomic E-state index is 0.0137. The Labute approximate surface area is 115 Å². The monoisotopic (exact) mass is 284 g/mol. The predicted molar refractivity (Wildman–Crippen MR) is 70.9 cm³/mol. The van der Waals surface area contributed by atoms with Gasteiger partial charge in [0.05, 0.1) is 16.9 Å². The molecule has 0 saturated heterocycles. The highest BCUT2D eigenvalue weighted by molar-refractivity contribution is 6.30. The SMILES string of the molecule is CC.Cc1c(-n2cc(C(N)=O)nn2)ccc(Cl)c1F. The molecular formula is C12H14ClFN4O. The van der Waals surface area contributed by atoms with E-state index in [1.807, 2.05) is 13.8 Å². The van der Waals surface area contributed by atoms with Gasteiger partial charge in [0.2, 0.25) is 0 Å². The number of carbonyl (C=O) groups is 1. The Kier molecular flexibility index (Phi) is 5.00. The first-order valence-corrected chi connectivity index (χ1v) is 6.05. The Balaban J connectivity index is 0.000000861. The molecule has 2 rings (SSSR count). The van der Waals surface area contributed by atoms with E-state index in [0.29, 0.717) is 11.3 Å². The fraction of sp³-hybridized carbons (Fsp3) is 0.250. The van der Waals surface area contributed by atoms with E-state index in [9.17, 15) is 9.18 Å². The molecule has 2 N–H and O–H groups in total. The van der Waals surface area contributed by atoms with Gasteiger partial charge in [0.25, 0.3) is 5.91 Å². The number of hydrogen-bond donors (Lipinski definition) is 1. The van der Waals surface area contributed by atoms with Gasteiger partial charge < -0.3 is 5.73 Å². The van der Waals surface area contributed by atoms with Gasteiger partial charge >= 0.3 is 0 Å². The Bertz CT molecular complexity index is 597. The third-order valence-electron chi connectivity index (χ3n) is 2.30. The third-order valence-corrected chi connectivity index (χ3v) is 2.60. The zero-order valence-electron chi connectivity index (χ0n) is 10.8. The van der Waals surface area contributed by atoms with Gasteiger partial charge in [-0.05, 0) is 19.1 Å². The van der Waals surface area contributed by atoms with Crippen LogP contribution in [0, 0.1) is 12.7 Å². The van der Waals surface area contributed by atoms with Crippen molar-refractivity contribution < 1.29 is 9.18 Å². The number of aromatic nitrogens is 3. The Hall–Kier alpha value is -1.95. The molecule has 0 unspecified atom stereocenters. The van der Waals surface area contributed by atoms with E-state index in [1.165, 1.54) is 16.9 Å². The largest absolute Gasteiger partial charge is 0.364 e. The molecule has 0 aliphatic rings. The third kappa shape index (κ3) is 3.08. The second kappa shape index (κ2) is 6.29. The van der Waals surface area contributed by atoms with Crippen molar-refractivity contribution in [3.63, 3.8) is 0 Å². The molecule has 0 radical (unpaired) electrons. The standard InChI is InChI=1S/C10H8ClFN4O.C2H6/c1-5-8(3-2-6(11)9(5)12)16-4-7(10(13)17)14-15-16;1-2/h2-4H,1H3,(H2,13,17);1-2H3. The molecule has 0 saturated carbocycles. The number of halogens is 2. The van der Waals surface area contributed by atoms with Crippen LogP contribution in [0.2, 0.25) is 5.02 Å². The lowest BCUT2D eigenvalue weighted by atomic mass is 10.2. The van der Waals surface area contributed by atoms with E-state index in [0.717, 1.165) is 0 Å². The molecule has 102 valence electrons. The lowest BCUT2D eigenvalue weighted by molar-refractivity contribution is 0.0995. The Morgan fingerprint density at radius 1 is 1.42 bits per heavy atom. The number of nitrogens with zero attached hydrogens (tertiary/aromatic N) is 3. The molecule has 5 nitrogen and oxygen atoms in total. The summed E-state index contributed by atoms with van der Waals surface area (Å²) in [6.45, 7) is 5.56. The van der Waals surface area contributed by atoms with Crippen molar-refractivity contribution in [1.29, 1.82) is 0 Å². The number of rotatable bonds is 2. The average Bonchev–Trinajstić information content (AvgIpc) is 2.88. The van der Waals surface area contributed by atoms with Gasteiger partial charge in [0.15, 0.2) is 5.69 Å². The van der Waals surface area contributed by atoms with Crippen molar-refractivity contribution in [2.24, 2.45) is 5.73 Å². The molecule has 0 spiro atoms. The molecule has 1 amide bonds. The van der Waals surface area contributed by atoms with E-state index in [2.05, 4.69) is 10.3 Å². The van der Waals surface area contributed by atoms with E-state index < -0.39 is 11.7 Å². The van der Waals surface area contributed by atoms with Gasteiger partial charge in [-0.15, -0.1) is 5.10 Å². The van der Waals surface area contributed by atoms with E-state index >= 15 is 0 Å². The summed E-state index contributed by atoms with van der Waals surface area (Å²) >= 11 is 5.63. The molecule has 0 fully saturated rings. The number of amides is 1. The molecule has 19 heavy (non-hydrogen) atoms. The van der Waals surface area contributed by atoms with E-state index in [4.69, 9.17) is 17.3 Å².